The normalized spacial score (nSPS) is 14.0. The van der Waals surface area contributed by atoms with Crippen LogP contribution in [0.15, 0.2) is 45.9 Å². The van der Waals surface area contributed by atoms with Crippen LogP contribution >= 0.6 is 11.8 Å². The molecule has 7 nitrogen and oxygen atoms in total. The van der Waals surface area contributed by atoms with E-state index in [2.05, 4.69) is 5.32 Å². The van der Waals surface area contributed by atoms with Crippen LogP contribution in [0.5, 0.6) is 0 Å². The van der Waals surface area contributed by atoms with Gasteiger partial charge in [0.1, 0.15) is 11.3 Å². The van der Waals surface area contributed by atoms with Gasteiger partial charge in [-0.25, -0.2) is 4.79 Å². The molecule has 1 aromatic heterocycles. The molecule has 8 heteroatoms. The summed E-state index contributed by atoms with van der Waals surface area (Å²) in [5.41, 5.74) is 0.898. The smallest absolute Gasteiger partial charge is 0.341 e. The summed E-state index contributed by atoms with van der Waals surface area (Å²) >= 11 is 1.39. The van der Waals surface area contributed by atoms with Gasteiger partial charge in [-0.1, -0.05) is 12.1 Å². The molecule has 0 radical (unpaired) electrons. The molecule has 1 aliphatic rings. The molecule has 1 aromatic carbocycles. The molecule has 26 heavy (non-hydrogen) atoms. The molecule has 1 fully saturated rings. The van der Waals surface area contributed by atoms with E-state index >= 15 is 0 Å². The maximum Gasteiger partial charge on any atom is 0.341 e. The minimum Gasteiger partial charge on any atom is -0.468 e. The van der Waals surface area contributed by atoms with Crippen LogP contribution in [0.1, 0.15) is 26.5 Å². The Morgan fingerprint density at radius 3 is 2.85 bits per heavy atom. The van der Waals surface area contributed by atoms with Crippen LogP contribution in [0.25, 0.3) is 0 Å². The Morgan fingerprint density at radius 1 is 1.27 bits per heavy atom. The van der Waals surface area contributed by atoms with Crippen molar-refractivity contribution in [3.63, 3.8) is 0 Å². The molecule has 1 aliphatic heterocycles. The second kappa shape index (κ2) is 8.09. The summed E-state index contributed by atoms with van der Waals surface area (Å²) in [5, 5.41) is 2.70. The van der Waals surface area contributed by atoms with Gasteiger partial charge >= 0.3 is 5.97 Å². The minimum absolute atomic E-state index is 0.0580. The van der Waals surface area contributed by atoms with Crippen molar-refractivity contribution in [1.82, 2.24) is 10.2 Å². The third kappa shape index (κ3) is 3.91. The standard InChI is InChI=1S/C18H18N2O5S/c1-24-18(23)12-6-9-25-14(12)11-26-15-5-3-2-4-13(15)17(22)20-8-7-19-16(21)10-20/h2-6,9H,7-8,10-11H2,1H3,(H,19,21). The van der Waals surface area contributed by atoms with Crippen LogP contribution in [0.4, 0.5) is 0 Å². The lowest BCUT2D eigenvalue weighted by Crippen LogP contribution is -2.50. The van der Waals surface area contributed by atoms with E-state index in [0.29, 0.717) is 35.7 Å². The van der Waals surface area contributed by atoms with Crippen molar-refractivity contribution in [3.05, 3.63) is 53.5 Å². The number of methoxy groups -OCH3 is 1. The summed E-state index contributed by atoms with van der Waals surface area (Å²) in [5.74, 6) is 0.0606. The highest BCUT2D eigenvalue weighted by molar-refractivity contribution is 7.98. The summed E-state index contributed by atoms with van der Waals surface area (Å²) in [6, 6.07) is 8.76. The van der Waals surface area contributed by atoms with Crippen molar-refractivity contribution < 1.29 is 23.5 Å². The highest BCUT2D eigenvalue weighted by atomic mass is 32.2. The fourth-order valence-electron chi connectivity index (χ4n) is 2.64. The molecule has 0 atom stereocenters. The third-order valence-electron chi connectivity index (χ3n) is 3.95. The highest BCUT2D eigenvalue weighted by Crippen LogP contribution is 2.29. The Hall–Kier alpha value is -2.74. The number of ether oxygens (including phenoxy) is 1. The van der Waals surface area contributed by atoms with E-state index in [1.165, 1.54) is 30.0 Å². The van der Waals surface area contributed by atoms with E-state index in [-0.39, 0.29) is 18.4 Å². The number of rotatable bonds is 5. The zero-order valence-corrected chi connectivity index (χ0v) is 15.0. The van der Waals surface area contributed by atoms with Gasteiger partial charge < -0.3 is 19.4 Å². The van der Waals surface area contributed by atoms with Crippen LogP contribution in [0, 0.1) is 0 Å². The van der Waals surface area contributed by atoms with E-state index in [9.17, 15) is 14.4 Å². The molecule has 1 N–H and O–H groups in total. The van der Waals surface area contributed by atoms with Gasteiger partial charge in [0, 0.05) is 18.0 Å². The number of furan rings is 1. The molecular formula is C18H18N2O5S. The van der Waals surface area contributed by atoms with Crippen molar-refractivity contribution >= 4 is 29.5 Å². The van der Waals surface area contributed by atoms with Crippen LogP contribution in [-0.2, 0) is 15.3 Å². The molecule has 2 aromatic rings. The van der Waals surface area contributed by atoms with Gasteiger partial charge in [-0.15, -0.1) is 11.8 Å². The Morgan fingerprint density at radius 2 is 2.08 bits per heavy atom. The molecule has 0 aliphatic carbocycles. The maximum absolute atomic E-state index is 12.8. The van der Waals surface area contributed by atoms with Crippen molar-refractivity contribution in [2.75, 3.05) is 26.7 Å². The molecular weight excluding hydrogens is 356 g/mol. The predicted molar refractivity (Wildman–Crippen MR) is 95.0 cm³/mol. The van der Waals surface area contributed by atoms with E-state index in [1.807, 2.05) is 12.1 Å². The van der Waals surface area contributed by atoms with Crippen molar-refractivity contribution in [1.29, 1.82) is 0 Å². The zero-order chi connectivity index (χ0) is 18.5. The summed E-state index contributed by atoms with van der Waals surface area (Å²) < 4.78 is 10.1. The number of esters is 1. The summed E-state index contributed by atoms with van der Waals surface area (Å²) in [6.07, 6.45) is 1.44. The number of piperazine rings is 1. The average Bonchev–Trinajstić information content (AvgIpc) is 3.14. The number of hydrogen-bond donors (Lipinski definition) is 1. The average molecular weight is 374 g/mol. The molecule has 0 bridgehead atoms. The molecule has 3 rings (SSSR count). The van der Waals surface area contributed by atoms with E-state index in [0.717, 1.165) is 4.90 Å². The second-order valence-corrected chi connectivity index (χ2v) is 6.63. The molecule has 0 spiro atoms. The summed E-state index contributed by atoms with van der Waals surface area (Å²) in [7, 11) is 1.31. The molecule has 2 amide bonds. The number of amides is 2. The van der Waals surface area contributed by atoms with Crippen molar-refractivity contribution in [2.45, 2.75) is 10.6 Å². The zero-order valence-electron chi connectivity index (χ0n) is 14.2. The molecule has 0 unspecified atom stereocenters. The fraction of sp³-hybridized carbons (Fsp3) is 0.278. The molecule has 0 saturated carbocycles. The first-order valence-corrected chi connectivity index (χ1v) is 9.01. The van der Waals surface area contributed by atoms with E-state index in [4.69, 9.17) is 9.15 Å². The van der Waals surface area contributed by atoms with Gasteiger partial charge in [0.2, 0.25) is 5.91 Å². The minimum atomic E-state index is -0.460. The Bertz CT molecular complexity index is 832. The number of carbonyl (C=O) groups excluding carboxylic acids is 3. The van der Waals surface area contributed by atoms with Crippen LogP contribution < -0.4 is 5.32 Å². The predicted octanol–water partition coefficient (Wildman–Crippen LogP) is 1.93. The van der Waals surface area contributed by atoms with Gasteiger partial charge in [-0.3, -0.25) is 9.59 Å². The van der Waals surface area contributed by atoms with Gasteiger partial charge in [0.25, 0.3) is 5.91 Å². The Balaban J connectivity index is 1.75. The molecule has 136 valence electrons. The van der Waals surface area contributed by atoms with Crippen molar-refractivity contribution in [3.8, 4) is 0 Å². The van der Waals surface area contributed by atoms with Crippen LogP contribution in [-0.4, -0.2) is 49.4 Å². The maximum atomic E-state index is 12.8. The van der Waals surface area contributed by atoms with E-state index in [1.54, 1.807) is 18.2 Å². The number of nitrogens with one attached hydrogen (secondary N) is 1. The first kappa shape index (κ1) is 18.1. The second-order valence-electron chi connectivity index (χ2n) is 5.61. The lowest BCUT2D eigenvalue weighted by molar-refractivity contribution is -0.123. The van der Waals surface area contributed by atoms with Crippen LogP contribution in [0.3, 0.4) is 0 Å². The highest BCUT2D eigenvalue weighted by Gasteiger charge is 2.24. The lowest BCUT2D eigenvalue weighted by Gasteiger charge is -2.27. The van der Waals surface area contributed by atoms with E-state index < -0.39 is 5.97 Å². The van der Waals surface area contributed by atoms with Crippen LogP contribution in [0.2, 0.25) is 0 Å². The largest absolute Gasteiger partial charge is 0.468 e. The Labute approximate surface area is 154 Å². The molecule has 1 saturated heterocycles. The van der Waals surface area contributed by atoms with Gasteiger partial charge in [0.15, 0.2) is 0 Å². The monoisotopic (exact) mass is 374 g/mol. The topological polar surface area (TPSA) is 88.8 Å². The van der Waals surface area contributed by atoms with Gasteiger partial charge in [0.05, 0.1) is 31.2 Å². The third-order valence-corrected chi connectivity index (χ3v) is 5.03. The Kier molecular flexibility index (Phi) is 5.62. The number of thioether (sulfide) groups is 1. The SMILES string of the molecule is COC(=O)c1ccoc1CSc1ccccc1C(=O)N1CCNC(=O)C1. The van der Waals surface area contributed by atoms with Crippen molar-refractivity contribution in [2.24, 2.45) is 0 Å². The number of carbonyl (C=O) groups is 3. The van der Waals surface area contributed by atoms with Gasteiger partial charge in [-0.2, -0.15) is 0 Å². The number of hydrogen-bond acceptors (Lipinski definition) is 6. The first-order chi connectivity index (χ1) is 12.6. The number of nitrogens with zero attached hydrogens (tertiary/aromatic N) is 1. The fourth-order valence-corrected chi connectivity index (χ4v) is 3.63. The quantitative estimate of drug-likeness (QED) is 0.635. The summed E-state index contributed by atoms with van der Waals surface area (Å²) in [4.78, 5) is 38.3. The first-order valence-electron chi connectivity index (χ1n) is 8.02. The van der Waals surface area contributed by atoms with Gasteiger partial charge in [-0.05, 0) is 18.2 Å². The molecule has 2 heterocycles. The summed E-state index contributed by atoms with van der Waals surface area (Å²) in [6.45, 7) is 0.992. The number of benzene rings is 1. The lowest BCUT2D eigenvalue weighted by atomic mass is 10.2.